The van der Waals surface area contributed by atoms with E-state index in [0.29, 0.717) is 18.2 Å². The van der Waals surface area contributed by atoms with E-state index in [4.69, 9.17) is 0 Å². The molecule has 0 aliphatic carbocycles. The fourth-order valence-electron chi connectivity index (χ4n) is 3.12. The van der Waals surface area contributed by atoms with Crippen LogP contribution in [-0.4, -0.2) is 48.0 Å². The maximum Gasteiger partial charge on any atom is 0.274 e. The quantitative estimate of drug-likeness (QED) is 0.208. The Morgan fingerprint density at radius 3 is 2.62 bits per heavy atom. The van der Waals surface area contributed by atoms with Crippen LogP contribution in [0.5, 0.6) is 0 Å². The first-order chi connectivity index (χ1) is 12.1. The highest BCUT2D eigenvalue weighted by molar-refractivity contribution is 14.0. The minimum Gasteiger partial charge on any atom is -0.357 e. The van der Waals surface area contributed by atoms with Crippen LogP contribution in [0, 0.1) is 10.1 Å². The number of hydrogen-bond donors (Lipinski definition) is 2. The van der Waals surface area contributed by atoms with Crippen molar-refractivity contribution >= 4 is 35.6 Å². The van der Waals surface area contributed by atoms with Gasteiger partial charge in [0.05, 0.1) is 17.0 Å². The molecule has 1 aromatic rings. The number of rotatable bonds is 7. The Labute approximate surface area is 172 Å². The lowest BCUT2D eigenvalue weighted by Gasteiger charge is -2.32. The van der Waals surface area contributed by atoms with E-state index in [1.54, 1.807) is 12.1 Å². The van der Waals surface area contributed by atoms with Crippen molar-refractivity contribution in [3.05, 3.63) is 39.9 Å². The van der Waals surface area contributed by atoms with E-state index in [1.807, 2.05) is 13.0 Å². The molecule has 0 bridgehead atoms. The van der Waals surface area contributed by atoms with Gasteiger partial charge in [0.15, 0.2) is 5.96 Å². The molecule has 1 aliphatic rings. The molecule has 0 spiro atoms. The highest BCUT2D eigenvalue weighted by Crippen LogP contribution is 2.18. The largest absolute Gasteiger partial charge is 0.357 e. The van der Waals surface area contributed by atoms with Crippen molar-refractivity contribution in [1.29, 1.82) is 0 Å². The second kappa shape index (κ2) is 12.1. The number of nitrogens with one attached hydrogen (secondary N) is 2. The summed E-state index contributed by atoms with van der Waals surface area (Å²) in [5.74, 6) is 0.731. The van der Waals surface area contributed by atoms with Gasteiger partial charge in [0.25, 0.3) is 5.69 Å². The Balaban J connectivity index is 0.00000338. The van der Waals surface area contributed by atoms with Gasteiger partial charge in [-0.05, 0) is 32.7 Å². The second-order valence-electron chi connectivity index (χ2n) is 6.34. The van der Waals surface area contributed by atoms with E-state index in [9.17, 15) is 10.1 Å². The van der Waals surface area contributed by atoms with Gasteiger partial charge in [-0.2, -0.15) is 0 Å². The first-order valence-electron chi connectivity index (χ1n) is 9.13. The predicted molar refractivity (Wildman–Crippen MR) is 116 cm³/mol. The molecule has 7 nitrogen and oxygen atoms in total. The first-order valence-corrected chi connectivity index (χ1v) is 9.13. The van der Waals surface area contributed by atoms with Crippen molar-refractivity contribution < 1.29 is 4.92 Å². The number of nitro groups is 1. The topological polar surface area (TPSA) is 82.8 Å². The molecule has 0 aromatic heterocycles. The number of likely N-dealkylation sites (tertiary alicyclic amines) is 1. The third kappa shape index (κ3) is 7.06. The van der Waals surface area contributed by atoms with E-state index in [2.05, 4.69) is 27.4 Å². The number of nitro benzene ring substituents is 1. The lowest BCUT2D eigenvalue weighted by atomic mass is 10.1. The SMILES string of the molecule is CCCN1CCC(NC(=NCc2ccccc2[N+](=O)[O-])NCC)CC1.I. The minimum absolute atomic E-state index is 0. The van der Waals surface area contributed by atoms with Gasteiger partial charge >= 0.3 is 0 Å². The summed E-state index contributed by atoms with van der Waals surface area (Å²) < 4.78 is 0. The lowest BCUT2D eigenvalue weighted by molar-refractivity contribution is -0.385. The van der Waals surface area contributed by atoms with Crippen molar-refractivity contribution in [3.8, 4) is 0 Å². The number of aliphatic imine (C=N–C) groups is 1. The number of guanidine groups is 1. The van der Waals surface area contributed by atoms with Gasteiger partial charge in [0.2, 0.25) is 0 Å². The van der Waals surface area contributed by atoms with Gasteiger partial charge in [-0.25, -0.2) is 4.99 Å². The molecule has 1 heterocycles. The molecular formula is C18H30IN5O2. The van der Waals surface area contributed by atoms with Gasteiger partial charge in [0.1, 0.15) is 0 Å². The number of hydrogen-bond acceptors (Lipinski definition) is 4. The van der Waals surface area contributed by atoms with E-state index in [-0.39, 0.29) is 34.6 Å². The van der Waals surface area contributed by atoms with Crippen LogP contribution in [0.3, 0.4) is 0 Å². The summed E-state index contributed by atoms with van der Waals surface area (Å²) in [6.07, 6.45) is 3.38. The third-order valence-corrected chi connectivity index (χ3v) is 4.41. The van der Waals surface area contributed by atoms with E-state index in [0.717, 1.165) is 38.4 Å². The summed E-state index contributed by atoms with van der Waals surface area (Å²) >= 11 is 0. The Hall–Kier alpha value is -1.42. The third-order valence-electron chi connectivity index (χ3n) is 4.41. The molecule has 0 amide bonds. The van der Waals surface area contributed by atoms with Crippen LogP contribution in [0.2, 0.25) is 0 Å². The van der Waals surface area contributed by atoms with Gasteiger partial charge in [-0.15, -0.1) is 24.0 Å². The molecule has 146 valence electrons. The Kier molecular flexibility index (Phi) is 10.5. The first kappa shape index (κ1) is 22.6. The molecule has 0 radical (unpaired) electrons. The lowest BCUT2D eigenvalue weighted by Crippen LogP contribution is -2.48. The number of nitrogens with zero attached hydrogens (tertiary/aromatic N) is 3. The number of benzene rings is 1. The Bertz CT molecular complexity index is 589. The highest BCUT2D eigenvalue weighted by atomic mass is 127. The zero-order chi connectivity index (χ0) is 18.1. The molecule has 1 fully saturated rings. The predicted octanol–water partition coefficient (Wildman–Crippen LogP) is 3.14. The maximum absolute atomic E-state index is 11.1. The standard InChI is InChI=1S/C18H29N5O2.HI/c1-3-11-22-12-9-16(10-13-22)21-18(19-4-2)20-14-15-7-5-6-8-17(15)23(24)25;/h5-8,16H,3-4,9-14H2,1-2H3,(H2,19,20,21);1H. The number of halogens is 1. The van der Waals surface area contributed by atoms with Crippen LogP contribution < -0.4 is 10.6 Å². The van der Waals surface area contributed by atoms with Crippen LogP contribution in [0.1, 0.15) is 38.7 Å². The van der Waals surface area contributed by atoms with Crippen LogP contribution >= 0.6 is 24.0 Å². The molecule has 0 atom stereocenters. The summed E-state index contributed by atoms with van der Waals surface area (Å²) in [7, 11) is 0. The van der Waals surface area contributed by atoms with E-state index < -0.39 is 0 Å². The molecule has 2 rings (SSSR count). The monoisotopic (exact) mass is 475 g/mol. The Morgan fingerprint density at radius 2 is 2.00 bits per heavy atom. The molecule has 2 N–H and O–H groups in total. The van der Waals surface area contributed by atoms with Crippen LogP contribution in [0.15, 0.2) is 29.3 Å². The zero-order valence-electron chi connectivity index (χ0n) is 15.6. The maximum atomic E-state index is 11.1. The highest BCUT2D eigenvalue weighted by Gasteiger charge is 2.19. The zero-order valence-corrected chi connectivity index (χ0v) is 17.9. The van der Waals surface area contributed by atoms with Crippen LogP contribution in [-0.2, 0) is 6.54 Å². The van der Waals surface area contributed by atoms with Gasteiger partial charge in [-0.1, -0.05) is 25.1 Å². The molecule has 8 heteroatoms. The van der Waals surface area contributed by atoms with Gasteiger partial charge < -0.3 is 15.5 Å². The Morgan fingerprint density at radius 1 is 1.31 bits per heavy atom. The number of piperidine rings is 1. The molecule has 0 unspecified atom stereocenters. The van der Waals surface area contributed by atoms with Crippen LogP contribution in [0.4, 0.5) is 5.69 Å². The van der Waals surface area contributed by atoms with Gasteiger partial charge in [0, 0.05) is 31.7 Å². The minimum atomic E-state index is -0.353. The molecule has 1 aliphatic heterocycles. The smallest absolute Gasteiger partial charge is 0.274 e. The fourth-order valence-corrected chi connectivity index (χ4v) is 3.12. The van der Waals surface area contributed by atoms with E-state index in [1.165, 1.54) is 19.0 Å². The molecule has 26 heavy (non-hydrogen) atoms. The average Bonchev–Trinajstić information content (AvgIpc) is 2.62. The van der Waals surface area contributed by atoms with Crippen molar-refractivity contribution in [1.82, 2.24) is 15.5 Å². The van der Waals surface area contributed by atoms with Crippen molar-refractivity contribution in [2.45, 2.75) is 45.7 Å². The van der Waals surface area contributed by atoms with Gasteiger partial charge in [-0.3, -0.25) is 10.1 Å². The summed E-state index contributed by atoms with van der Waals surface area (Å²) in [5.41, 5.74) is 0.748. The van der Waals surface area contributed by atoms with Crippen LogP contribution in [0.25, 0.3) is 0 Å². The molecular weight excluding hydrogens is 445 g/mol. The second-order valence-corrected chi connectivity index (χ2v) is 6.34. The number of para-hydroxylation sites is 1. The summed E-state index contributed by atoms with van der Waals surface area (Å²) in [6.45, 7) is 8.66. The molecule has 1 saturated heterocycles. The van der Waals surface area contributed by atoms with Crippen molar-refractivity contribution in [2.24, 2.45) is 4.99 Å². The molecule has 0 saturated carbocycles. The fraction of sp³-hybridized carbons (Fsp3) is 0.611. The van der Waals surface area contributed by atoms with E-state index >= 15 is 0 Å². The normalized spacial score (nSPS) is 16.0. The average molecular weight is 475 g/mol. The van der Waals surface area contributed by atoms with Crippen molar-refractivity contribution in [2.75, 3.05) is 26.2 Å². The summed E-state index contributed by atoms with van der Waals surface area (Å²) in [5, 5.41) is 17.8. The molecule has 1 aromatic carbocycles. The summed E-state index contributed by atoms with van der Waals surface area (Å²) in [4.78, 5) is 17.8. The summed E-state index contributed by atoms with van der Waals surface area (Å²) in [6, 6.07) is 7.17. The van der Waals surface area contributed by atoms with Crippen molar-refractivity contribution in [3.63, 3.8) is 0 Å².